The van der Waals surface area contributed by atoms with E-state index in [1.807, 2.05) is 48.5 Å². The molecule has 0 atom stereocenters. The van der Waals surface area contributed by atoms with Gasteiger partial charge in [-0.25, -0.2) is 0 Å². The number of hydrogen-bond acceptors (Lipinski definition) is 3. The Morgan fingerprint density at radius 1 is 0.900 bits per heavy atom. The molecule has 2 fully saturated rings. The third-order valence-electron chi connectivity index (χ3n) is 6.86. The minimum atomic E-state index is 0.242. The Morgan fingerprint density at radius 2 is 1.57 bits per heavy atom. The van der Waals surface area contributed by atoms with E-state index in [2.05, 4.69) is 21.9 Å². The van der Waals surface area contributed by atoms with Crippen LogP contribution in [-0.4, -0.2) is 47.7 Å². The van der Waals surface area contributed by atoms with Crippen LogP contribution >= 0.6 is 0 Å². The lowest BCUT2D eigenvalue weighted by molar-refractivity contribution is -0.139. The van der Waals surface area contributed by atoms with Crippen molar-refractivity contribution in [3.05, 3.63) is 71.8 Å². The Labute approximate surface area is 179 Å². The van der Waals surface area contributed by atoms with Crippen molar-refractivity contribution in [3.8, 4) is 0 Å². The van der Waals surface area contributed by atoms with Gasteiger partial charge in [0.25, 0.3) is 0 Å². The number of carbonyl (C=O) groups is 2. The molecule has 2 aliphatic rings. The number of hydrogen-bond donors (Lipinski definition) is 0. The molecule has 2 saturated heterocycles. The van der Waals surface area contributed by atoms with Gasteiger partial charge in [0, 0.05) is 31.5 Å². The molecule has 158 valence electrons. The fraction of sp³-hybridized carbons (Fsp3) is 0.462. The van der Waals surface area contributed by atoms with Gasteiger partial charge in [0.05, 0.1) is 0 Å². The van der Waals surface area contributed by atoms with Crippen LogP contribution in [0.2, 0.25) is 0 Å². The van der Waals surface area contributed by atoms with Gasteiger partial charge in [-0.15, -0.1) is 0 Å². The minimum absolute atomic E-state index is 0.242. The zero-order valence-corrected chi connectivity index (χ0v) is 17.8. The van der Waals surface area contributed by atoms with E-state index in [-0.39, 0.29) is 11.2 Å². The summed E-state index contributed by atoms with van der Waals surface area (Å²) in [6.07, 6.45) is 5.54. The second-order valence-corrected chi connectivity index (χ2v) is 8.97. The van der Waals surface area contributed by atoms with Crippen molar-refractivity contribution >= 4 is 11.7 Å². The monoisotopic (exact) mass is 404 g/mol. The lowest BCUT2D eigenvalue weighted by Crippen LogP contribution is -2.51. The summed E-state index contributed by atoms with van der Waals surface area (Å²) in [5.41, 5.74) is 2.31. The van der Waals surface area contributed by atoms with Crippen molar-refractivity contribution in [2.75, 3.05) is 26.2 Å². The van der Waals surface area contributed by atoms with Crippen molar-refractivity contribution in [2.45, 2.75) is 45.1 Å². The van der Waals surface area contributed by atoms with Gasteiger partial charge < -0.3 is 9.80 Å². The highest BCUT2D eigenvalue weighted by Crippen LogP contribution is 2.40. The molecule has 0 unspecified atom stereocenters. The van der Waals surface area contributed by atoms with Crippen molar-refractivity contribution in [1.82, 2.24) is 9.80 Å². The molecule has 2 aromatic rings. The zero-order valence-electron chi connectivity index (χ0n) is 17.8. The molecular formula is C26H32N2O2. The number of piperidine rings is 2. The lowest BCUT2D eigenvalue weighted by atomic mass is 9.72. The number of likely N-dealkylation sites (tertiary alicyclic amines) is 2. The standard InChI is InChI=1S/C26H32N2O2/c29-24(23-10-5-2-6-11-23)12-7-17-27-18-15-26(16-19-27)14-13-25(30)28(21-26)20-22-8-3-1-4-9-22/h1-6,8-11H,7,12-21H2. The average molecular weight is 405 g/mol. The van der Waals surface area contributed by atoms with Gasteiger partial charge in [0.1, 0.15) is 0 Å². The summed E-state index contributed by atoms with van der Waals surface area (Å²) >= 11 is 0. The number of nitrogens with zero attached hydrogens (tertiary/aromatic N) is 2. The van der Waals surface area contributed by atoms with Crippen molar-refractivity contribution < 1.29 is 9.59 Å². The van der Waals surface area contributed by atoms with Crippen LogP contribution in [0.25, 0.3) is 0 Å². The number of carbonyl (C=O) groups excluding carboxylic acids is 2. The maximum absolute atomic E-state index is 12.5. The predicted molar refractivity (Wildman–Crippen MR) is 119 cm³/mol. The van der Waals surface area contributed by atoms with Crippen LogP contribution in [0.1, 0.15) is 54.4 Å². The molecule has 30 heavy (non-hydrogen) atoms. The van der Waals surface area contributed by atoms with Crippen molar-refractivity contribution in [1.29, 1.82) is 0 Å². The number of ketones is 1. The average Bonchev–Trinajstić information content (AvgIpc) is 2.79. The Morgan fingerprint density at radius 3 is 2.27 bits per heavy atom. The van der Waals surface area contributed by atoms with Gasteiger partial charge in [-0.05, 0) is 56.3 Å². The number of rotatable bonds is 7. The van der Waals surface area contributed by atoms with Crippen LogP contribution in [0.3, 0.4) is 0 Å². The highest BCUT2D eigenvalue weighted by Gasteiger charge is 2.40. The second-order valence-electron chi connectivity index (χ2n) is 8.97. The summed E-state index contributed by atoms with van der Waals surface area (Å²) < 4.78 is 0. The van der Waals surface area contributed by atoms with E-state index in [9.17, 15) is 9.59 Å². The normalized spacial score (nSPS) is 19.2. The SMILES string of the molecule is O=C(CCCN1CCC2(CCC(=O)N(Cc3ccccc3)C2)CC1)c1ccccc1. The Bertz CT molecular complexity index is 842. The third-order valence-corrected chi connectivity index (χ3v) is 6.86. The molecule has 4 rings (SSSR count). The molecular weight excluding hydrogens is 372 g/mol. The molecule has 2 aromatic carbocycles. The molecule has 2 heterocycles. The lowest BCUT2D eigenvalue weighted by Gasteiger charge is -2.47. The Balaban J connectivity index is 1.24. The summed E-state index contributed by atoms with van der Waals surface area (Å²) in [5.74, 6) is 0.540. The second kappa shape index (κ2) is 9.57. The van der Waals surface area contributed by atoms with E-state index >= 15 is 0 Å². The van der Waals surface area contributed by atoms with Crippen LogP contribution in [-0.2, 0) is 11.3 Å². The van der Waals surface area contributed by atoms with Crippen LogP contribution in [0.15, 0.2) is 60.7 Å². The van der Waals surface area contributed by atoms with E-state index < -0.39 is 0 Å². The van der Waals surface area contributed by atoms with E-state index in [0.29, 0.717) is 18.7 Å². The van der Waals surface area contributed by atoms with E-state index in [1.54, 1.807) is 0 Å². The first kappa shape index (κ1) is 20.8. The maximum Gasteiger partial charge on any atom is 0.222 e. The number of benzene rings is 2. The van der Waals surface area contributed by atoms with E-state index in [0.717, 1.165) is 64.0 Å². The molecule has 1 spiro atoms. The molecule has 4 heteroatoms. The van der Waals surface area contributed by atoms with Crippen molar-refractivity contribution in [2.24, 2.45) is 5.41 Å². The van der Waals surface area contributed by atoms with Gasteiger partial charge in [-0.3, -0.25) is 9.59 Å². The summed E-state index contributed by atoms with van der Waals surface area (Å²) in [7, 11) is 0. The molecule has 0 radical (unpaired) electrons. The topological polar surface area (TPSA) is 40.6 Å². The summed E-state index contributed by atoms with van der Waals surface area (Å²) in [6, 6.07) is 19.9. The molecule has 0 aliphatic carbocycles. The van der Waals surface area contributed by atoms with E-state index in [1.165, 1.54) is 5.56 Å². The Kier molecular flexibility index (Phi) is 6.63. The van der Waals surface area contributed by atoms with Gasteiger partial charge in [-0.1, -0.05) is 60.7 Å². The fourth-order valence-corrected chi connectivity index (χ4v) is 4.94. The summed E-state index contributed by atoms with van der Waals surface area (Å²) in [4.78, 5) is 29.4. The molecule has 2 aliphatic heterocycles. The first-order chi connectivity index (χ1) is 14.6. The summed E-state index contributed by atoms with van der Waals surface area (Å²) in [5, 5.41) is 0. The molecule has 0 N–H and O–H groups in total. The smallest absolute Gasteiger partial charge is 0.222 e. The molecule has 1 amide bonds. The van der Waals surface area contributed by atoms with Gasteiger partial charge in [0.2, 0.25) is 5.91 Å². The first-order valence-corrected chi connectivity index (χ1v) is 11.3. The highest BCUT2D eigenvalue weighted by atomic mass is 16.2. The van der Waals surface area contributed by atoms with Crippen LogP contribution in [0.5, 0.6) is 0 Å². The minimum Gasteiger partial charge on any atom is -0.338 e. The predicted octanol–water partition coefficient (Wildman–Crippen LogP) is 4.55. The number of amides is 1. The van der Waals surface area contributed by atoms with Crippen molar-refractivity contribution in [3.63, 3.8) is 0 Å². The highest BCUT2D eigenvalue weighted by molar-refractivity contribution is 5.95. The van der Waals surface area contributed by atoms with Gasteiger partial charge in [-0.2, -0.15) is 0 Å². The van der Waals surface area contributed by atoms with Crippen LogP contribution in [0.4, 0.5) is 0 Å². The van der Waals surface area contributed by atoms with Crippen LogP contribution in [0, 0.1) is 5.41 Å². The molecule has 0 bridgehead atoms. The maximum atomic E-state index is 12.5. The molecule has 4 nitrogen and oxygen atoms in total. The van der Waals surface area contributed by atoms with Gasteiger partial charge in [0.15, 0.2) is 5.78 Å². The van der Waals surface area contributed by atoms with Crippen LogP contribution < -0.4 is 0 Å². The number of Topliss-reactive ketones (excluding diaryl/α,β-unsaturated/α-hetero) is 1. The first-order valence-electron chi connectivity index (χ1n) is 11.3. The largest absolute Gasteiger partial charge is 0.338 e. The fourth-order valence-electron chi connectivity index (χ4n) is 4.94. The summed E-state index contributed by atoms with van der Waals surface area (Å²) in [6.45, 7) is 4.76. The van der Waals surface area contributed by atoms with E-state index in [4.69, 9.17) is 0 Å². The zero-order chi connectivity index (χ0) is 20.8. The van der Waals surface area contributed by atoms with Gasteiger partial charge >= 0.3 is 0 Å². The third kappa shape index (κ3) is 5.17. The Hall–Kier alpha value is -2.46. The quantitative estimate of drug-likeness (QED) is 0.636. The molecule has 0 aromatic heterocycles. The molecule has 0 saturated carbocycles.